The number of rotatable bonds is 13. The van der Waals surface area contributed by atoms with Crippen molar-refractivity contribution >= 4 is 5.57 Å². The lowest BCUT2D eigenvalue weighted by molar-refractivity contribution is 0.209. The molecule has 0 aliphatic carbocycles. The molecule has 0 aliphatic rings. The lowest BCUT2D eigenvalue weighted by Gasteiger charge is -2.15. The molecule has 0 saturated heterocycles. The number of hydrogen-bond acceptors (Lipinski definition) is 3. The molecular formula is C27H37FO3. The fourth-order valence-electron chi connectivity index (χ4n) is 2.61. The van der Waals surface area contributed by atoms with E-state index in [1.54, 1.807) is 32.6 Å². The Kier molecular flexibility index (Phi) is 16.1. The van der Waals surface area contributed by atoms with Crippen LogP contribution in [0.4, 0.5) is 4.39 Å². The maximum absolute atomic E-state index is 14.2. The van der Waals surface area contributed by atoms with Crippen molar-refractivity contribution in [3.8, 4) is 0 Å². The van der Waals surface area contributed by atoms with Crippen LogP contribution in [0.15, 0.2) is 91.4 Å². The third kappa shape index (κ3) is 11.1. The molecule has 0 aromatic heterocycles. The number of benzene rings is 1. The van der Waals surface area contributed by atoms with Gasteiger partial charge in [0.2, 0.25) is 0 Å². The molecule has 170 valence electrons. The molecular weight excluding hydrogens is 391 g/mol. The van der Waals surface area contributed by atoms with Crippen LogP contribution in [0.2, 0.25) is 0 Å². The Balaban J connectivity index is 0.00000436. The van der Waals surface area contributed by atoms with E-state index in [0.717, 1.165) is 24.0 Å². The molecule has 0 unspecified atom stereocenters. The third-order valence-corrected chi connectivity index (χ3v) is 4.09. The average Bonchev–Trinajstić information content (AvgIpc) is 2.80. The van der Waals surface area contributed by atoms with Gasteiger partial charge < -0.3 is 14.2 Å². The van der Waals surface area contributed by atoms with Crippen molar-refractivity contribution in [3.05, 3.63) is 103 Å². The molecule has 0 atom stereocenters. The predicted octanol–water partition coefficient (Wildman–Crippen LogP) is 8.05. The zero-order chi connectivity index (χ0) is 23.5. The van der Waals surface area contributed by atoms with Crippen LogP contribution in [0.25, 0.3) is 5.57 Å². The van der Waals surface area contributed by atoms with Gasteiger partial charge in [0, 0.05) is 6.08 Å². The van der Waals surface area contributed by atoms with Gasteiger partial charge in [-0.15, -0.1) is 0 Å². The maximum Gasteiger partial charge on any atom is 0.122 e. The summed E-state index contributed by atoms with van der Waals surface area (Å²) < 4.78 is 30.5. The lowest BCUT2D eigenvalue weighted by atomic mass is 10.00. The molecule has 4 heteroatoms. The molecule has 0 fully saturated rings. The van der Waals surface area contributed by atoms with Crippen LogP contribution >= 0.6 is 0 Å². The molecule has 0 aliphatic heterocycles. The first-order valence-corrected chi connectivity index (χ1v) is 10.5. The molecule has 0 N–H and O–H groups in total. The smallest absolute Gasteiger partial charge is 0.122 e. The number of unbranched alkanes of at least 4 members (excludes halogenated alkanes) is 1. The van der Waals surface area contributed by atoms with E-state index in [1.165, 1.54) is 6.08 Å². The Bertz CT molecular complexity index is 785. The summed E-state index contributed by atoms with van der Waals surface area (Å²) >= 11 is 0. The van der Waals surface area contributed by atoms with Crippen LogP contribution in [0.1, 0.15) is 51.2 Å². The van der Waals surface area contributed by atoms with Gasteiger partial charge in [-0.25, -0.2) is 4.39 Å². The Morgan fingerprint density at radius 3 is 2.48 bits per heavy atom. The van der Waals surface area contributed by atoms with Gasteiger partial charge in [-0.2, -0.15) is 0 Å². The van der Waals surface area contributed by atoms with Crippen molar-refractivity contribution in [3.63, 3.8) is 0 Å². The van der Waals surface area contributed by atoms with Crippen molar-refractivity contribution < 1.29 is 18.6 Å². The van der Waals surface area contributed by atoms with Crippen LogP contribution in [-0.2, 0) is 20.8 Å². The number of halogens is 1. The average molecular weight is 429 g/mol. The fourth-order valence-corrected chi connectivity index (χ4v) is 2.61. The van der Waals surface area contributed by atoms with Crippen LogP contribution in [-0.4, -0.2) is 14.2 Å². The van der Waals surface area contributed by atoms with Gasteiger partial charge in [0.25, 0.3) is 0 Å². The summed E-state index contributed by atoms with van der Waals surface area (Å²) in [6.45, 7) is 13.8. The van der Waals surface area contributed by atoms with Crippen molar-refractivity contribution in [2.75, 3.05) is 14.2 Å². The molecule has 1 rings (SSSR count). The second kappa shape index (κ2) is 17.8. The molecule has 31 heavy (non-hydrogen) atoms. The van der Waals surface area contributed by atoms with Crippen LogP contribution in [0.5, 0.6) is 0 Å². The summed E-state index contributed by atoms with van der Waals surface area (Å²) in [5, 5.41) is 0. The molecule has 0 spiro atoms. The minimum Gasteiger partial charge on any atom is -0.504 e. The minimum absolute atomic E-state index is 0.219. The molecule has 0 radical (unpaired) electrons. The quantitative estimate of drug-likeness (QED) is 0.138. The van der Waals surface area contributed by atoms with E-state index in [1.807, 2.05) is 57.2 Å². The van der Waals surface area contributed by atoms with Gasteiger partial charge in [0.1, 0.15) is 24.0 Å². The van der Waals surface area contributed by atoms with Crippen molar-refractivity contribution in [1.82, 2.24) is 0 Å². The Hall–Kier alpha value is -3.01. The Morgan fingerprint density at radius 1 is 1.16 bits per heavy atom. The molecule has 1 aromatic rings. The highest BCUT2D eigenvalue weighted by atomic mass is 19.1. The van der Waals surface area contributed by atoms with E-state index in [9.17, 15) is 4.39 Å². The van der Waals surface area contributed by atoms with Crippen molar-refractivity contribution in [2.45, 2.75) is 46.6 Å². The first kappa shape index (κ1) is 28.0. The second-order valence-electron chi connectivity index (χ2n) is 6.20. The van der Waals surface area contributed by atoms with E-state index < -0.39 is 0 Å². The molecule has 0 heterocycles. The summed E-state index contributed by atoms with van der Waals surface area (Å²) in [6, 6.07) is 7.69. The molecule has 0 saturated carbocycles. The predicted molar refractivity (Wildman–Crippen MR) is 130 cm³/mol. The highest BCUT2D eigenvalue weighted by molar-refractivity contribution is 5.77. The topological polar surface area (TPSA) is 27.7 Å². The number of hydrogen-bond donors (Lipinski definition) is 0. The standard InChI is InChI=1S/C25H31FO3.C2H6/c1-6-8-9-10-15-22(26)17-23(13-7-2)29-18-21-14-11-12-16-24(21)25(19-27-4)20(3)28-5;1-2/h6-8,11-14,16-17,19H,2-3,9-10,15,18H2,1,4-5H3;1-2H3/b8-6+,22-17+,23-13+,25-19-;. The van der Waals surface area contributed by atoms with E-state index in [4.69, 9.17) is 14.2 Å². The van der Waals surface area contributed by atoms with Crippen molar-refractivity contribution in [1.29, 1.82) is 0 Å². The van der Waals surface area contributed by atoms with Crippen LogP contribution in [0.3, 0.4) is 0 Å². The first-order valence-electron chi connectivity index (χ1n) is 10.5. The van der Waals surface area contributed by atoms with Gasteiger partial charge in [-0.05, 0) is 43.4 Å². The van der Waals surface area contributed by atoms with E-state index in [2.05, 4.69) is 13.2 Å². The molecule has 0 amide bonds. The van der Waals surface area contributed by atoms with Gasteiger partial charge in [-0.3, -0.25) is 0 Å². The number of ether oxygens (including phenoxy) is 3. The summed E-state index contributed by atoms with van der Waals surface area (Å²) in [5.41, 5.74) is 2.48. The largest absolute Gasteiger partial charge is 0.504 e. The zero-order valence-electron chi connectivity index (χ0n) is 19.6. The van der Waals surface area contributed by atoms with E-state index in [0.29, 0.717) is 23.5 Å². The molecule has 0 bridgehead atoms. The zero-order valence-corrected chi connectivity index (χ0v) is 19.6. The SMILES string of the molecule is C=C/C=C(\C=C(\F)CCC/C=C/C)OCc1ccccc1/C(=C\OC)C(=C)OC.CC. The summed E-state index contributed by atoms with van der Waals surface area (Å²) in [7, 11) is 3.12. The highest BCUT2D eigenvalue weighted by Crippen LogP contribution is 2.27. The second-order valence-corrected chi connectivity index (χ2v) is 6.20. The third-order valence-electron chi connectivity index (χ3n) is 4.09. The van der Waals surface area contributed by atoms with Crippen LogP contribution in [0, 0.1) is 0 Å². The van der Waals surface area contributed by atoms with Gasteiger partial charge in [0.05, 0.1) is 26.1 Å². The van der Waals surface area contributed by atoms with E-state index in [-0.39, 0.29) is 12.4 Å². The first-order chi connectivity index (χ1) is 15.1. The molecule has 3 nitrogen and oxygen atoms in total. The lowest BCUT2D eigenvalue weighted by Crippen LogP contribution is -2.00. The number of allylic oxidation sites excluding steroid dienone is 7. The summed E-state index contributed by atoms with van der Waals surface area (Å²) in [6.07, 6.45) is 12.2. The van der Waals surface area contributed by atoms with Gasteiger partial charge >= 0.3 is 0 Å². The van der Waals surface area contributed by atoms with Gasteiger partial charge in [-0.1, -0.05) is 69.5 Å². The number of methoxy groups -OCH3 is 2. The van der Waals surface area contributed by atoms with E-state index >= 15 is 0 Å². The molecule has 1 aromatic carbocycles. The highest BCUT2D eigenvalue weighted by Gasteiger charge is 2.12. The normalized spacial score (nSPS) is 12.1. The monoisotopic (exact) mass is 428 g/mol. The Labute approximate surface area is 187 Å². The van der Waals surface area contributed by atoms with Crippen molar-refractivity contribution in [2.24, 2.45) is 0 Å². The summed E-state index contributed by atoms with van der Waals surface area (Å²) in [4.78, 5) is 0. The fraction of sp³-hybridized carbons (Fsp3) is 0.333. The summed E-state index contributed by atoms with van der Waals surface area (Å²) in [5.74, 6) is 0.679. The van der Waals surface area contributed by atoms with Crippen LogP contribution < -0.4 is 0 Å². The maximum atomic E-state index is 14.2. The minimum atomic E-state index is -0.219. The van der Waals surface area contributed by atoms with Gasteiger partial charge in [0.15, 0.2) is 0 Å². The Morgan fingerprint density at radius 2 is 1.87 bits per heavy atom.